The number of aliphatic carboxylic acids is 1. The summed E-state index contributed by atoms with van der Waals surface area (Å²) in [5.41, 5.74) is 0.300. The smallest absolute Gasteiger partial charge is 0.303 e. The lowest BCUT2D eigenvalue weighted by molar-refractivity contribution is -0.138. The molecule has 1 aromatic carbocycles. The van der Waals surface area contributed by atoms with E-state index in [1.165, 1.54) is 25.3 Å². The van der Waals surface area contributed by atoms with Crippen LogP contribution in [-0.4, -0.2) is 35.7 Å². The molecule has 1 amide bonds. The number of hydrogen-bond donors (Lipinski definition) is 3. The second-order valence-electron chi connectivity index (χ2n) is 4.47. The number of benzene rings is 1. The van der Waals surface area contributed by atoms with E-state index in [1.54, 1.807) is 0 Å². The third-order valence-electron chi connectivity index (χ3n) is 3.03. The van der Waals surface area contributed by atoms with E-state index < -0.39 is 5.97 Å². The lowest BCUT2D eigenvalue weighted by Crippen LogP contribution is -2.30. The summed E-state index contributed by atoms with van der Waals surface area (Å²) in [6, 6.07) is 4.34. The normalized spacial score (nSPS) is 11.7. The number of methoxy groups -OCH3 is 1. The summed E-state index contributed by atoms with van der Waals surface area (Å²) in [4.78, 5) is 22.5. The molecule has 6 nitrogen and oxygen atoms in total. The highest BCUT2D eigenvalue weighted by molar-refractivity contribution is 5.94. The van der Waals surface area contributed by atoms with Crippen molar-refractivity contribution >= 4 is 11.9 Å². The van der Waals surface area contributed by atoms with Crippen LogP contribution in [0.1, 0.15) is 30.1 Å². The fraction of sp³-hybridized carbons (Fsp3) is 0.429. The van der Waals surface area contributed by atoms with Gasteiger partial charge < -0.3 is 20.3 Å². The van der Waals surface area contributed by atoms with Crippen LogP contribution >= 0.6 is 0 Å². The molecule has 0 spiro atoms. The summed E-state index contributed by atoms with van der Waals surface area (Å²) in [6.45, 7) is 2.16. The molecule has 1 rings (SSSR count). The predicted octanol–water partition coefficient (Wildman–Crippen LogP) is 1.63. The maximum atomic E-state index is 11.9. The van der Waals surface area contributed by atoms with Gasteiger partial charge in [-0.05, 0) is 24.1 Å². The van der Waals surface area contributed by atoms with Crippen LogP contribution < -0.4 is 10.1 Å². The fourth-order valence-corrected chi connectivity index (χ4v) is 1.78. The number of phenolic OH excluding ortho intramolecular Hbond substituents is 1. The first kappa shape index (κ1) is 15.8. The Labute approximate surface area is 117 Å². The molecule has 1 unspecified atom stereocenters. The zero-order valence-corrected chi connectivity index (χ0v) is 11.5. The highest BCUT2D eigenvalue weighted by atomic mass is 16.5. The predicted molar refractivity (Wildman–Crippen MR) is 73.0 cm³/mol. The second-order valence-corrected chi connectivity index (χ2v) is 4.47. The Morgan fingerprint density at radius 3 is 2.60 bits per heavy atom. The Bertz CT molecular complexity index is 486. The van der Waals surface area contributed by atoms with Crippen LogP contribution in [0.5, 0.6) is 11.5 Å². The average molecular weight is 281 g/mol. The van der Waals surface area contributed by atoms with Crippen molar-refractivity contribution in [1.29, 1.82) is 0 Å². The van der Waals surface area contributed by atoms with Crippen LogP contribution in [0.15, 0.2) is 18.2 Å². The van der Waals surface area contributed by atoms with Gasteiger partial charge in [-0.15, -0.1) is 0 Å². The van der Waals surface area contributed by atoms with Gasteiger partial charge in [-0.25, -0.2) is 0 Å². The monoisotopic (exact) mass is 281 g/mol. The molecular weight excluding hydrogens is 262 g/mol. The Morgan fingerprint density at radius 1 is 1.40 bits per heavy atom. The van der Waals surface area contributed by atoms with Gasteiger partial charge in [-0.3, -0.25) is 9.59 Å². The van der Waals surface area contributed by atoms with E-state index in [4.69, 9.17) is 9.84 Å². The fourth-order valence-electron chi connectivity index (χ4n) is 1.78. The Hall–Kier alpha value is -2.24. The molecule has 0 aliphatic heterocycles. The van der Waals surface area contributed by atoms with Gasteiger partial charge in [0.25, 0.3) is 5.91 Å². The van der Waals surface area contributed by atoms with Gasteiger partial charge in [0.05, 0.1) is 7.11 Å². The molecule has 0 aromatic heterocycles. The van der Waals surface area contributed by atoms with E-state index in [0.29, 0.717) is 17.7 Å². The molecule has 0 fully saturated rings. The highest BCUT2D eigenvalue weighted by Crippen LogP contribution is 2.26. The van der Waals surface area contributed by atoms with Crippen molar-refractivity contribution in [3.05, 3.63) is 23.8 Å². The molecule has 0 saturated carbocycles. The van der Waals surface area contributed by atoms with Gasteiger partial charge in [0.15, 0.2) is 11.5 Å². The first-order chi connectivity index (χ1) is 9.47. The van der Waals surface area contributed by atoms with Gasteiger partial charge in [-0.1, -0.05) is 13.3 Å². The van der Waals surface area contributed by atoms with Crippen LogP contribution in [0.25, 0.3) is 0 Å². The van der Waals surface area contributed by atoms with Gasteiger partial charge in [0, 0.05) is 18.5 Å². The van der Waals surface area contributed by atoms with Gasteiger partial charge in [0.2, 0.25) is 0 Å². The molecule has 3 N–H and O–H groups in total. The summed E-state index contributed by atoms with van der Waals surface area (Å²) >= 11 is 0. The SMILES string of the molecule is CCC(CNC(=O)c1ccc(OC)c(O)c1)CC(=O)O. The zero-order chi connectivity index (χ0) is 15.1. The quantitative estimate of drug-likeness (QED) is 0.706. The number of carbonyl (C=O) groups excluding carboxylic acids is 1. The number of rotatable bonds is 7. The summed E-state index contributed by atoms with van der Waals surface area (Å²) in [6.07, 6.45) is 0.686. The summed E-state index contributed by atoms with van der Waals surface area (Å²) in [5.74, 6) is -1.17. The van der Waals surface area contributed by atoms with Crippen molar-refractivity contribution in [3.63, 3.8) is 0 Å². The maximum absolute atomic E-state index is 11.9. The Morgan fingerprint density at radius 2 is 2.10 bits per heavy atom. The van der Waals surface area contributed by atoms with E-state index in [9.17, 15) is 14.7 Å². The molecule has 1 atom stereocenters. The maximum Gasteiger partial charge on any atom is 0.303 e. The number of carboxylic acid groups (broad SMARTS) is 1. The molecule has 6 heteroatoms. The van der Waals surface area contributed by atoms with E-state index in [2.05, 4.69) is 5.32 Å². The zero-order valence-electron chi connectivity index (χ0n) is 11.5. The lowest BCUT2D eigenvalue weighted by atomic mass is 10.0. The van der Waals surface area contributed by atoms with E-state index >= 15 is 0 Å². The first-order valence-electron chi connectivity index (χ1n) is 6.34. The topological polar surface area (TPSA) is 95.9 Å². The molecule has 0 radical (unpaired) electrons. The number of aromatic hydroxyl groups is 1. The number of ether oxygens (including phenoxy) is 1. The van der Waals surface area contributed by atoms with Crippen LogP contribution in [0.4, 0.5) is 0 Å². The van der Waals surface area contributed by atoms with Crippen molar-refractivity contribution in [3.8, 4) is 11.5 Å². The number of amides is 1. The largest absolute Gasteiger partial charge is 0.504 e. The van der Waals surface area contributed by atoms with Crippen LogP contribution in [0.2, 0.25) is 0 Å². The van der Waals surface area contributed by atoms with Crippen molar-refractivity contribution in [1.82, 2.24) is 5.32 Å². The second kappa shape index (κ2) is 7.37. The Balaban J connectivity index is 2.62. The number of phenols is 1. The Kier molecular flexibility index (Phi) is 5.83. The third kappa shape index (κ3) is 4.46. The van der Waals surface area contributed by atoms with Crippen LogP contribution in [0.3, 0.4) is 0 Å². The van der Waals surface area contributed by atoms with Crippen molar-refractivity contribution in [2.24, 2.45) is 5.92 Å². The van der Waals surface area contributed by atoms with Crippen molar-refractivity contribution in [2.75, 3.05) is 13.7 Å². The molecule has 0 bridgehead atoms. The van der Waals surface area contributed by atoms with Gasteiger partial charge >= 0.3 is 5.97 Å². The third-order valence-corrected chi connectivity index (χ3v) is 3.03. The lowest BCUT2D eigenvalue weighted by Gasteiger charge is -2.13. The first-order valence-corrected chi connectivity index (χ1v) is 6.34. The molecule has 0 saturated heterocycles. The summed E-state index contributed by atoms with van der Waals surface area (Å²) in [7, 11) is 1.42. The van der Waals surface area contributed by atoms with Crippen molar-refractivity contribution in [2.45, 2.75) is 19.8 Å². The molecule has 0 heterocycles. The number of carboxylic acids is 1. The summed E-state index contributed by atoms with van der Waals surface area (Å²) in [5, 5.41) is 21.0. The van der Waals surface area contributed by atoms with E-state index in [-0.39, 0.29) is 30.5 Å². The van der Waals surface area contributed by atoms with Crippen LogP contribution in [-0.2, 0) is 4.79 Å². The minimum absolute atomic E-state index is 0.0185. The number of hydrogen-bond acceptors (Lipinski definition) is 4. The van der Waals surface area contributed by atoms with E-state index in [0.717, 1.165) is 0 Å². The molecule has 20 heavy (non-hydrogen) atoms. The minimum Gasteiger partial charge on any atom is -0.504 e. The molecule has 0 aliphatic carbocycles. The van der Waals surface area contributed by atoms with Gasteiger partial charge in [-0.2, -0.15) is 0 Å². The standard InChI is InChI=1S/C14H19NO5/c1-3-9(6-13(17)18)8-15-14(19)10-4-5-12(20-2)11(16)7-10/h4-5,7,9,16H,3,6,8H2,1-2H3,(H,15,19)(H,17,18). The van der Waals surface area contributed by atoms with Crippen LogP contribution in [0, 0.1) is 5.92 Å². The highest BCUT2D eigenvalue weighted by Gasteiger charge is 2.14. The molecule has 1 aromatic rings. The molecule has 0 aliphatic rings. The summed E-state index contributed by atoms with van der Waals surface area (Å²) < 4.78 is 4.89. The minimum atomic E-state index is -0.881. The molecular formula is C14H19NO5. The number of carbonyl (C=O) groups is 2. The molecule has 110 valence electrons. The van der Waals surface area contributed by atoms with E-state index in [1.807, 2.05) is 6.92 Å². The average Bonchev–Trinajstić information content (AvgIpc) is 2.42. The number of nitrogens with one attached hydrogen (secondary N) is 1. The van der Waals surface area contributed by atoms with Crippen molar-refractivity contribution < 1.29 is 24.5 Å². The van der Waals surface area contributed by atoms with Gasteiger partial charge in [0.1, 0.15) is 0 Å².